The van der Waals surface area contributed by atoms with E-state index in [1.165, 1.54) is 0 Å². The molecule has 0 heterocycles. The largest absolute Gasteiger partial charge is 0.481 e. The molecule has 0 aliphatic heterocycles. The molecule has 0 fully saturated rings. The number of rotatable bonds is 8. The number of hydrogen-bond acceptors (Lipinski definition) is 2. The highest BCUT2D eigenvalue weighted by Gasteiger charge is 2.44. The van der Waals surface area contributed by atoms with Gasteiger partial charge >= 0.3 is 11.9 Å². The van der Waals surface area contributed by atoms with E-state index in [1.54, 1.807) is 0 Å². The molecule has 0 radical (unpaired) electrons. The van der Waals surface area contributed by atoms with Gasteiger partial charge in [-0.1, -0.05) is 109 Å². The van der Waals surface area contributed by atoms with Crippen LogP contribution < -0.4 is 0 Å². The third kappa shape index (κ3) is 4.56. The van der Waals surface area contributed by atoms with Gasteiger partial charge in [0.15, 0.2) is 0 Å². The Labute approximate surface area is 249 Å². The maximum atomic E-state index is 12.0. The van der Waals surface area contributed by atoms with Crippen LogP contribution in [0.5, 0.6) is 0 Å². The summed E-state index contributed by atoms with van der Waals surface area (Å²) in [4.78, 5) is 24.0. The van der Waals surface area contributed by atoms with Crippen LogP contribution in [0.25, 0.3) is 54.9 Å². The summed E-state index contributed by atoms with van der Waals surface area (Å²) in [6.45, 7) is 0. The van der Waals surface area contributed by atoms with Crippen LogP contribution in [-0.4, -0.2) is 22.2 Å². The van der Waals surface area contributed by atoms with E-state index >= 15 is 0 Å². The average molecular weight is 563 g/mol. The fraction of sp³-hybridized carbons (Fsp3) is 0.128. The van der Waals surface area contributed by atoms with Gasteiger partial charge in [-0.25, -0.2) is 0 Å². The van der Waals surface area contributed by atoms with Crippen molar-refractivity contribution in [2.24, 2.45) is 0 Å². The molecule has 1 aliphatic carbocycles. The molecule has 210 valence electrons. The first-order valence-corrected chi connectivity index (χ1v) is 14.6. The Morgan fingerprint density at radius 3 is 1.35 bits per heavy atom. The molecule has 0 bridgehead atoms. The van der Waals surface area contributed by atoms with Gasteiger partial charge in [0.1, 0.15) is 0 Å². The molecule has 0 spiro atoms. The second-order valence-electron chi connectivity index (χ2n) is 11.4. The topological polar surface area (TPSA) is 74.6 Å². The Bertz CT molecular complexity index is 1900. The molecule has 4 nitrogen and oxygen atoms in total. The fourth-order valence-corrected chi connectivity index (χ4v) is 7.09. The lowest BCUT2D eigenvalue weighted by molar-refractivity contribution is -0.137. The molecule has 0 saturated heterocycles. The van der Waals surface area contributed by atoms with E-state index in [0.29, 0.717) is 12.8 Å². The van der Waals surface area contributed by atoms with Crippen molar-refractivity contribution in [3.63, 3.8) is 0 Å². The van der Waals surface area contributed by atoms with E-state index in [0.717, 1.165) is 66.1 Å². The molecule has 2 N–H and O–H groups in total. The SMILES string of the molecule is O=C(O)CCC1(CCC(=O)O)c2cc(-c3cccc4ccccc34)ccc2-c2ccc(-c3cccc4ccccc34)cc21. The minimum absolute atomic E-state index is 0.0600. The minimum Gasteiger partial charge on any atom is -0.481 e. The number of carbonyl (C=O) groups is 2. The minimum atomic E-state index is -0.889. The second-order valence-corrected chi connectivity index (χ2v) is 11.4. The molecule has 4 heteroatoms. The third-order valence-corrected chi connectivity index (χ3v) is 9.09. The Morgan fingerprint density at radius 2 is 0.907 bits per heavy atom. The van der Waals surface area contributed by atoms with Gasteiger partial charge in [0.05, 0.1) is 0 Å². The van der Waals surface area contributed by atoms with Crippen LogP contribution in [-0.2, 0) is 15.0 Å². The first kappa shape index (κ1) is 26.7. The van der Waals surface area contributed by atoms with E-state index in [1.807, 2.05) is 24.3 Å². The first-order chi connectivity index (χ1) is 20.9. The number of carboxylic acid groups (broad SMARTS) is 2. The highest BCUT2D eigenvalue weighted by molar-refractivity contribution is 5.99. The Hall–Kier alpha value is -5.22. The number of benzene rings is 6. The lowest BCUT2D eigenvalue weighted by Crippen LogP contribution is -2.27. The highest BCUT2D eigenvalue weighted by atomic mass is 16.4. The molecule has 6 aromatic carbocycles. The predicted octanol–water partition coefficient (Wildman–Crippen LogP) is 9.32. The monoisotopic (exact) mass is 562 g/mol. The molecular formula is C39H30O4. The van der Waals surface area contributed by atoms with E-state index in [-0.39, 0.29) is 12.8 Å². The number of carboxylic acids is 2. The van der Waals surface area contributed by atoms with Crippen LogP contribution in [0.2, 0.25) is 0 Å². The van der Waals surface area contributed by atoms with Crippen LogP contribution >= 0.6 is 0 Å². The van der Waals surface area contributed by atoms with E-state index in [2.05, 4.69) is 97.1 Å². The van der Waals surface area contributed by atoms with E-state index in [9.17, 15) is 19.8 Å². The summed E-state index contributed by atoms with van der Waals surface area (Å²) >= 11 is 0. The van der Waals surface area contributed by atoms with Gasteiger partial charge in [0, 0.05) is 18.3 Å². The second kappa shape index (κ2) is 10.6. The molecular weight excluding hydrogens is 532 g/mol. The van der Waals surface area contributed by atoms with Crippen LogP contribution in [0.15, 0.2) is 121 Å². The van der Waals surface area contributed by atoms with Gasteiger partial charge in [0.2, 0.25) is 0 Å². The molecule has 0 atom stereocenters. The van der Waals surface area contributed by atoms with Crippen molar-refractivity contribution < 1.29 is 19.8 Å². The van der Waals surface area contributed by atoms with Gasteiger partial charge in [-0.2, -0.15) is 0 Å². The molecule has 0 aromatic heterocycles. The van der Waals surface area contributed by atoms with Crippen molar-refractivity contribution in [2.45, 2.75) is 31.1 Å². The van der Waals surface area contributed by atoms with E-state index < -0.39 is 17.4 Å². The van der Waals surface area contributed by atoms with Gasteiger partial charge in [-0.15, -0.1) is 0 Å². The first-order valence-electron chi connectivity index (χ1n) is 14.6. The van der Waals surface area contributed by atoms with Crippen molar-refractivity contribution >= 4 is 33.5 Å². The van der Waals surface area contributed by atoms with Crippen molar-refractivity contribution in [3.05, 3.63) is 132 Å². The lowest BCUT2D eigenvalue weighted by atomic mass is 9.70. The molecule has 0 saturated carbocycles. The van der Waals surface area contributed by atoms with Crippen molar-refractivity contribution in [2.75, 3.05) is 0 Å². The summed E-state index contributed by atoms with van der Waals surface area (Å²) < 4.78 is 0. The van der Waals surface area contributed by atoms with Crippen molar-refractivity contribution in [1.29, 1.82) is 0 Å². The van der Waals surface area contributed by atoms with Gasteiger partial charge < -0.3 is 10.2 Å². The van der Waals surface area contributed by atoms with Gasteiger partial charge in [-0.05, 0) is 91.0 Å². The van der Waals surface area contributed by atoms with Crippen LogP contribution in [0, 0.1) is 0 Å². The Morgan fingerprint density at radius 1 is 0.488 bits per heavy atom. The molecule has 0 unspecified atom stereocenters. The zero-order chi connectivity index (χ0) is 29.6. The van der Waals surface area contributed by atoms with Crippen molar-refractivity contribution in [1.82, 2.24) is 0 Å². The standard InChI is InChI=1S/C39H30O4/c40-37(41)19-21-39(22-20-38(42)43)35-23-27(31-13-5-9-25-7-1-3-11-29(25)31)15-17-33(35)34-18-16-28(24-36(34)39)32-14-6-10-26-8-2-4-12-30(26)32/h1-18,23-24H,19-22H2,(H,40,41)(H,42,43). The Balaban J connectivity index is 1.46. The molecule has 0 amide bonds. The van der Waals surface area contributed by atoms with Crippen LogP contribution in [0.3, 0.4) is 0 Å². The zero-order valence-corrected chi connectivity index (χ0v) is 23.6. The third-order valence-electron chi connectivity index (χ3n) is 9.09. The zero-order valence-electron chi connectivity index (χ0n) is 23.6. The Kier molecular flexibility index (Phi) is 6.55. The summed E-state index contributed by atoms with van der Waals surface area (Å²) in [5, 5.41) is 24.3. The fourth-order valence-electron chi connectivity index (χ4n) is 7.09. The van der Waals surface area contributed by atoms with Gasteiger partial charge in [0.25, 0.3) is 0 Å². The number of fused-ring (bicyclic) bond motifs is 5. The maximum Gasteiger partial charge on any atom is 0.303 e. The molecule has 43 heavy (non-hydrogen) atoms. The predicted molar refractivity (Wildman–Crippen MR) is 172 cm³/mol. The lowest BCUT2D eigenvalue weighted by Gasteiger charge is -2.32. The number of hydrogen-bond donors (Lipinski definition) is 2. The van der Waals surface area contributed by atoms with E-state index in [4.69, 9.17) is 0 Å². The summed E-state index contributed by atoms with van der Waals surface area (Å²) in [5.74, 6) is -1.78. The van der Waals surface area contributed by atoms with Crippen molar-refractivity contribution in [3.8, 4) is 33.4 Å². The quantitative estimate of drug-likeness (QED) is 0.194. The summed E-state index contributed by atoms with van der Waals surface area (Å²) in [5.41, 5.74) is 7.59. The summed E-state index contributed by atoms with van der Waals surface area (Å²) in [6, 6.07) is 42.0. The smallest absolute Gasteiger partial charge is 0.303 e. The van der Waals surface area contributed by atoms with Crippen LogP contribution in [0.1, 0.15) is 36.8 Å². The summed E-state index contributed by atoms with van der Waals surface area (Å²) in [7, 11) is 0. The number of aliphatic carboxylic acids is 2. The average Bonchev–Trinajstić information content (AvgIpc) is 3.30. The van der Waals surface area contributed by atoms with Crippen LogP contribution in [0.4, 0.5) is 0 Å². The van der Waals surface area contributed by atoms with Gasteiger partial charge in [-0.3, -0.25) is 9.59 Å². The maximum absolute atomic E-state index is 12.0. The normalized spacial score (nSPS) is 13.1. The highest BCUT2D eigenvalue weighted by Crippen LogP contribution is 2.55. The molecule has 1 aliphatic rings. The molecule has 6 aromatic rings. The summed E-state index contributed by atoms with van der Waals surface area (Å²) in [6.07, 6.45) is 0.506. The molecule has 7 rings (SSSR count).